The molecule has 3 aromatic rings. The number of carbonyl (C=O) groups is 1. The first kappa shape index (κ1) is 16.4. The predicted octanol–water partition coefficient (Wildman–Crippen LogP) is 2.32. The van der Waals surface area contributed by atoms with E-state index in [1.165, 1.54) is 6.33 Å². The molecule has 2 aromatic heterocycles. The molecule has 7 nitrogen and oxygen atoms in total. The number of aromatic nitrogens is 3. The summed E-state index contributed by atoms with van der Waals surface area (Å²) in [6.45, 7) is 1.23. The first-order valence-electron chi connectivity index (χ1n) is 8.63. The lowest BCUT2D eigenvalue weighted by molar-refractivity contribution is 0.0773. The Morgan fingerprint density at radius 2 is 2.19 bits per heavy atom. The molecule has 1 fully saturated rings. The van der Waals surface area contributed by atoms with Crippen molar-refractivity contribution in [2.75, 3.05) is 32.1 Å². The van der Waals surface area contributed by atoms with E-state index >= 15 is 0 Å². The molecule has 0 spiro atoms. The van der Waals surface area contributed by atoms with E-state index in [0.29, 0.717) is 19.0 Å². The minimum atomic E-state index is -0.0608. The molecule has 3 heterocycles. The molecule has 0 bridgehead atoms. The van der Waals surface area contributed by atoms with Crippen LogP contribution in [-0.2, 0) is 0 Å². The Bertz CT molecular complexity index is 936. The van der Waals surface area contributed by atoms with Crippen molar-refractivity contribution in [2.45, 2.75) is 12.5 Å². The average molecular weight is 351 g/mol. The van der Waals surface area contributed by atoms with Crippen LogP contribution in [0.4, 0.5) is 5.82 Å². The molecular formula is C19H21N5O2. The molecular weight excluding hydrogens is 330 g/mol. The summed E-state index contributed by atoms with van der Waals surface area (Å²) < 4.78 is 5.98. The number of fused-ring (bicyclic) bond motifs is 1. The van der Waals surface area contributed by atoms with Crippen LogP contribution in [0.3, 0.4) is 0 Å². The van der Waals surface area contributed by atoms with Crippen molar-refractivity contribution in [3.8, 4) is 5.88 Å². The van der Waals surface area contributed by atoms with E-state index in [2.05, 4.69) is 15.0 Å². The Morgan fingerprint density at radius 1 is 1.31 bits per heavy atom. The van der Waals surface area contributed by atoms with Gasteiger partial charge in [0.25, 0.3) is 5.91 Å². The van der Waals surface area contributed by atoms with Gasteiger partial charge in [-0.25, -0.2) is 9.97 Å². The van der Waals surface area contributed by atoms with Crippen molar-refractivity contribution < 1.29 is 9.53 Å². The fraction of sp³-hybridized carbons (Fsp3) is 0.316. The maximum Gasteiger partial charge on any atom is 0.254 e. The van der Waals surface area contributed by atoms with Crippen LogP contribution in [0.1, 0.15) is 16.8 Å². The van der Waals surface area contributed by atoms with Gasteiger partial charge in [0, 0.05) is 55.8 Å². The molecule has 26 heavy (non-hydrogen) atoms. The number of carbonyl (C=O) groups excluding carboxylic acids is 1. The Kier molecular flexibility index (Phi) is 4.20. The molecule has 1 aliphatic heterocycles. The second-order valence-electron chi connectivity index (χ2n) is 6.63. The zero-order valence-corrected chi connectivity index (χ0v) is 14.8. The lowest BCUT2D eigenvalue weighted by atomic mass is 10.1. The molecule has 0 radical (unpaired) electrons. The summed E-state index contributed by atoms with van der Waals surface area (Å²) in [5, 5.41) is 0.952. The number of nitrogens with zero attached hydrogens (tertiary/aromatic N) is 4. The molecule has 1 aromatic carbocycles. The lowest BCUT2D eigenvalue weighted by Gasteiger charge is -2.18. The highest BCUT2D eigenvalue weighted by Crippen LogP contribution is 2.23. The largest absolute Gasteiger partial charge is 0.472 e. The number of hydrogen-bond acceptors (Lipinski definition) is 5. The summed E-state index contributed by atoms with van der Waals surface area (Å²) in [5.74, 6) is 1.37. The fourth-order valence-corrected chi connectivity index (χ4v) is 3.26. The van der Waals surface area contributed by atoms with Crippen molar-refractivity contribution in [3.63, 3.8) is 0 Å². The van der Waals surface area contributed by atoms with Gasteiger partial charge >= 0.3 is 0 Å². The predicted molar refractivity (Wildman–Crippen MR) is 99.6 cm³/mol. The van der Waals surface area contributed by atoms with E-state index in [1.807, 2.05) is 60.4 Å². The zero-order valence-electron chi connectivity index (χ0n) is 14.8. The van der Waals surface area contributed by atoms with Crippen LogP contribution in [0.25, 0.3) is 10.9 Å². The molecule has 134 valence electrons. The quantitative estimate of drug-likeness (QED) is 0.781. The maximum absolute atomic E-state index is 12.9. The monoisotopic (exact) mass is 351 g/mol. The number of amides is 1. The highest BCUT2D eigenvalue weighted by Gasteiger charge is 2.29. The Morgan fingerprint density at radius 3 is 3.04 bits per heavy atom. The van der Waals surface area contributed by atoms with Gasteiger partial charge in [0.15, 0.2) is 0 Å². The van der Waals surface area contributed by atoms with Gasteiger partial charge in [0.05, 0.1) is 6.54 Å². The molecule has 1 N–H and O–H groups in total. The van der Waals surface area contributed by atoms with Crippen molar-refractivity contribution >= 4 is 22.6 Å². The summed E-state index contributed by atoms with van der Waals surface area (Å²) in [6.07, 6.45) is 4.08. The van der Waals surface area contributed by atoms with Gasteiger partial charge in [-0.3, -0.25) is 4.79 Å². The van der Waals surface area contributed by atoms with Gasteiger partial charge in [0.2, 0.25) is 5.88 Å². The summed E-state index contributed by atoms with van der Waals surface area (Å²) in [4.78, 5) is 28.2. The van der Waals surface area contributed by atoms with Crippen LogP contribution in [0.5, 0.6) is 5.88 Å². The summed E-state index contributed by atoms with van der Waals surface area (Å²) in [6, 6.07) is 9.50. The smallest absolute Gasteiger partial charge is 0.254 e. The highest BCUT2D eigenvalue weighted by atomic mass is 16.5. The minimum Gasteiger partial charge on any atom is -0.472 e. The molecule has 0 aliphatic carbocycles. The first-order chi connectivity index (χ1) is 12.6. The van der Waals surface area contributed by atoms with Crippen molar-refractivity contribution in [2.24, 2.45) is 0 Å². The molecule has 0 saturated carbocycles. The van der Waals surface area contributed by atoms with Crippen molar-refractivity contribution in [1.82, 2.24) is 19.9 Å². The number of hydrogen-bond donors (Lipinski definition) is 1. The van der Waals surface area contributed by atoms with E-state index in [4.69, 9.17) is 4.74 Å². The van der Waals surface area contributed by atoms with Gasteiger partial charge in [-0.05, 0) is 18.2 Å². The van der Waals surface area contributed by atoms with E-state index < -0.39 is 0 Å². The van der Waals surface area contributed by atoms with E-state index in [9.17, 15) is 4.79 Å². The Balaban J connectivity index is 1.46. The molecule has 4 rings (SSSR count). The number of likely N-dealkylation sites (tertiary alicyclic amines) is 1. The molecule has 1 saturated heterocycles. The summed E-state index contributed by atoms with van der Waals surface area (Å²) in [7, 11) is 3.84. The topological polar surface area (TPSA) is 74.3 Å². The maximum atomic E-state index is 12.9. The third-order valence-corrected chi connectivity index (χ3v) is 4.63. The second-order valence-corrected chi connectivity index (χ2v) is 6.63. The van der Waals surface area contributed by atoms with Crippen molar-refractivity contribution in [1.29, 1.82) is 0 Å². The van der Waals surface area contributed by atoms with E-state index in [0.717, 1.165) is 28.7 Å². The van der Waals surface area contributed by atoms with Gasteiger partial charge < -0.3 is 19.5 Å². The normalized spacial score (nSPS) is 16.8. The highest BCUT2D eigenvalue weighted by molar-refractivity contribution is 6.06. The third-order valence-electron chi connectivity index (χ3n) is 4.63. The van der Waals surface area contributed by atoms with E-state index in [-0.39, 0.29) is 12.0 Å². The Labute approximate surface area is 151 Å². The molecule has 1 aliphatic rings. The van der Waals surface area contributed by atoms with Gasteiger partial charge in [-0.2, -0.15) is 0 Å². The van der Waals surface area contributed by atoms with E-state index in [1.54, 1.807) is 0 Å². The van der Waals surface area contributed by atoms with Crippen LogP contribution in [0.2, 0.25) is 0 Å². The molecule has 0 unspecified atom stereocenters. The van der Waals surface area contributed by atoms with Crippen LogP contribution >= 0.6 is 0 Å². The van der Waals surface area contributed by atoms with Gasteiger partial charge in [-0.15, -0.1) is 0 Å². The summed E-state index contributed by atoms with van der Waals surface area (Å²) in [5.41, 5.74) is 1.70. The Hall–Kier alpha value is -3.09. The molecule has 1 amide bonds. The van der Waals surface area contributed by atoms with Crippen molar-refractivity contribution in [3.05, 3.63) is 48.4 Å². The number of H-pyrrole nitrogens is 1. The standard InChI is InChI=1S/C19H21N5O2/c1-23(2)17-10-18(22-12-21-17)26-13-7-9-24(11-13)19(25)15-4-3-5-16-14(15)6-8-20-16/h3-6,8,10,12-13,20H,7,9,11H2,1-2H3/t13-/m0/s1. The molecule has 7 heteroatoms. The first-order valence-corrected chi connectivity index (χ1v) is 8.63. The van der Waals surface area contributed by atoms with Crippen LogP contribution in [0.15, 0.2) is 42.9 Å². The number of rotatable bonds is 4. The number of nitrogens with one attached hydrogen (secondary N) is 1. The minimum absolute atomic E-state index is 0.0398. The lowest BCUT2D eigenvalue weighted by Crippen LogP contribution is -2.31. The second kappa shape index (κ2) is 6.67. The van der Waals surface area contributed by atoms with Crippen LogP contribution < -0.4 is 9.64 Å². The number of anilines is 1. The zero-order chi connectivity index (χ0) is 18.1. The number of benzene rings is 1. The van der Waals surface area contributed by atoms with Gasteiger partial charge in [0.1, 0.15) is 18.2 Å². The van der Waals surface area contributed by atoms with Gasteiger partial charge in [-0.1, -0.05) is 6.07 Å². The van der Waals surface area contributed by atoms with Crippen LogP contribution in [-0.4, -0.2) is 59.0 Å². The average Bonchev–Trinajstić information content (AvgIpc) is 3.30. The number of aromatic amines is 1. The molecule has 1 atom stereocenters. The SMILES string of the molecule is CN(C)c1cc(O[C@H]2CCN(C(=O)c3cccc4[nH]ccc34)C2)ncn1. The summed E-state index contributed by atoms with van der Waals surface area (Å²) >= 11 is 0. The number of ether oxygens (including phenoxy) is 1. The van der Waals surface area contributed by atoms with Crippen LogP contribution in [0, 0.1) is 0 Å². The third kappa shape index (κ3) is 3.08. The fourth-order valence-electron chi connectivity index (χ4n) is 3.26.